The fraction of sp³-hybridized carbons (Fsp3) is 0.846. The lowest BCUT2D eigenvalue weighted by Gasteiger charge is -2.32. The highest BCUT2D eigenvalue weighted by atomic mass is 16.5. The highest BCUT2D eigenvalue weighted by molar-refractivity contribution is 5.78. The molecule has 0 aromatic rings. The molecule has 0 aromatic heterocycles. The van der Waals surface area contributed by atoms with E-state index in [1.807, 2.05) is 25.8 Å². The largest absolute Gasteiger partial charge is 0.469 e. The maximum Gasteiger partial charge on any atom is 0.309 e. The number of carbonyl (C=O) groups is 2. The van der Waals surface area contributed by atoms with Gasteiger partial charge in [0.15, 0.2) is 0 Å². The van der Waals surface area contributed by atoms with E-state index in [4.69, 9.17) is 4.74 Å². The van der Waals surface area contributed by atoms with Crippen LogP contribution in [0, 0.1) is 5.92 Å². The van der Waals surface area contributed by atoms with Crippen LogP contribution in [0.4, 0.5) is 0 Å². The second-order valence-electron chi connectivity index (χ2n) is 5.20. The number of nitrogens with zero attached hydrogens (tertiary/aromatic N) is 2. The van der Waals surface area contributed by atoms with E-state index in [-0.39, 0.29) is 23.8 Å². The zero-order valence-electron chi connectivity index (χ0n) is 11.8. The van der Waals surface area contributed by atoms with Crippen molar-refractivity contribution in [3.8, 4) is 0 Å². The van der Waals surface area contributed by atoms with Crippen molar-refractivity contribution >= 4 is 11.9 Å². The van der Waals surface area contributed by atoms with Crippen molar-refractivity contribution < 1.29 is 14.3 Å². The number of likely N-dealkylation sites (tertiary alicyclic amines) is 1. The Hall–Kier alpha value is -1.10. The van der Waals surface area contributed by atoms with Crippen LogP contribution in [-0.4, -0.2) is 61.5 Å². The summed E-state index contributed by atoms with van der Waals surface area (Å²) < 4.78 is 4.77. The van der Waals surface area contributed by atoms with Gasteiger partial charge >= 0.3 is 5.97 Å². The Kier molecular flexibility index (Phi) is 5.59. The molecule has 5 nitrogen and oxygen atoms in total. The molecule has 5 heteroatoms. The summed E-state index contributed by atoms with van der Waals surface area (Å²) in [5.41, 5.74) is 0. The van der Waals surface area contributed by atoms with Gasteiger partial charge in [-0.2, -0.15) is 0 Å². The number of hydrogen-bond donors (Lipinski definition) is 0. The number of piperidine rings is 1. The minimum absolute atomic E-state index is 0.0825. The van der Waals surface area contributed by atoms with Gasteiger partial charge in [-0.15, -0.1) is 0 Å². The highest BCUT2D eigenvalue weighted by Gasteiger charge is 2.28. The summed E-state index contributed by atoms with van der Waals surface area (Å²) in [6, 6.07) is 0.207. The van der Waals surface area contributed by atoms with E-state index >= 15 is 0 Å². The normalized spacial score (nSPS) is 20.8. The minimum atomic E-state index is -0.163. The smallest absolute Gasteiger partial charge is 0.309 e. The molecule has 1 rings (SSSR count). The molecule has 18 heavy (non-hydrogen) atoms. The van der Waals surface area contributed by atoms with Crippen molar-refractivity contribution in [3.63, 3.8) is 0 Å². The predicted octanol–water partition coefficient (Wildman–Crippen LogP) is 0.738. The van der Waals surface area contributed by atoms with E-state index in [9.17, 15) is 9.59 Å². The van der Waals surface area contributed by atoms with Crippen LogP contribution in [0.2, 0.25) is 0 Å². The highest BCUT2D eigenvalue weighted by Crippen LogP contribution is 2.17. The van der Waals surface area contributed by atoms with Gasteiger partial charge in [0.2, 0.25) is 5.91 Å². The quantitative estimate of drug-likeness (QED) is 0.696. The SMILES string of the molecule is COC(=O)[C@H]1CCCN(CC(=O)N(C)C(C)C)C1. The van der Waals surface area contributed by atoms with Crippen molar-refractivity contribution in [2.24, 2.45) is 5.92 Å². The first-order valence-corrected chi connectivity index (χ1v) is 6.51. The summed E-state index contributed by atoms with van der Waals surface area (Å²) in [5.74, 6) is -0.138. The lowest BCUT2D eigenvalue weighted by Crippen LogP contribution is -2.46. The van der Waals surface area contributed by atoms with Crippen LogP contribution >= 0.6 is 0 Å². The van der Waals surface area contributed by atoms with Gasteiger partial charge in [0.25, 0.3) is 0 Å². The van der Waals surface area contributed by atoms with E-state index in [1.54, 1.807) is 4.90 Å². The Bertz CT molecular complexity index is 305. The summed E-state index contributed by atoms with van der Waals surface area (Å²) in [7, 11) is 3.23. The molecule has 0 unspecified atom stereocenters. The second-order valence-corrected chi connectivity index (χ2v) is 5.20. The Labute approximate surface area is 109 Å². The van der Waals surface area contributed by atoms with Crippen molar-refractivity contribution in [2.75, 3.05) is 33.8 Å². The minimum Gasteiger partial charge on any atom is -0.469 e. The summed E-state index contributed by atoms with van der Waals surface area (Å²) in [5, 5.41) is 0. The fourth-order valence-electron chi connectivity index (χ4n) is 2.15. The van der Waals surface area contributed by atoms with Gasteiger partial charge in [0.1, 0.15) is 0 Å². The lowest BCUT2D eigenvalue weighted by atomic mass is 9.98. The van der Waals surface area contributed by atoms with Gasteiger partial charge in [-0.3, -0.25) is 14.5 Å². The third kappa shape index (κ3) is 3.98. The molecule has 0 radical (unpaired) electrons. The summed E-state index contributed by atoms with van der Waals surface area (Å²) in [6.07, 6.45) is 1.80. The molecule has 1 aliphatic heterocycles. The first-order chi connectivity index (χ1) is 8.45. The first-order valence-electron chi connectivity index (χ1n) is 6.51. The molecule has 0 bridgehead atoms. The van der Waals surface area contributed by atoms with E-state index in [0.29, 0.717) is 13.1 Å². The summed E-state index contributed by atoms with van der Waals surface area (Å²) in [6.45, 7) is 5.88. The van der Waals surface area contributed by atoms with E-state index in [0.717, 1.165) is 19.4 Å². The van der Waals surface area contributed by atoms with Crippen molar-refractivity contribution in [1.29, 1.82) is 0 Å². The third-order valence-corrected chi connectivity index (χ3v) is 3.57. The van der Waals surface area contributed by atoms with Crippen molar-refractivity contribution in [2.45, 2.75) is 32.7 Å². The number of ether oxygens (including phenoxy) is 1. The molecule has 0 aliphatic carbocycles. The van der Waals surface area contributed by atoms with Gasteiger partial charge in [0.05, 0.1) is 19.6 Å². The predicted molar refractivity (Wildman–Crippen MR) is 69.1 cm³/mol. The molecular weight excluding hydrogens is 232 g/mol. The van der Waals surface area contributed by atoms with Crippen LogP contribution in [0.3, 0.4) is 0 Å². The molecule has 1 fully saturated rings. The number of methoxy groups -OCH3 is 1. The van der Waals surface area contributed by atoms with Gasteiger partial charge < -0.3 is 9.64 Å². The Balaban J connectivity index is 2.47. The van der Waals surface area contributed by atoms with Crippen molar-refractivity contribution in [3.05, 3.63) is 0 Å². The molecule has 1 amide bonds. The maximum absolute atomic E-state index is 12.0. The monoisotopic (exact) mass is 256 g/mol. The molecule has 0 N–H and O–H groups in total. The van der Waals surface area contributed by atoms with Crippen LogP contribution in [0.25, 0.3) is 0 Å². The molecule has 1 heterocycles. The maximum atomic E-state index is 12.0. The zero-order chi connectivity index (χ0) is 13.7. The van der Waals surface area contributed by atoms with E-state index in [1.165, 1.54) is 7.11 Å². The number of esters is 1. The summed E-state index contributed by atoms with van der Waals surface area (Å²) >= 11 is 0. The number of likely N-dealkylation sites (N-methyl/N-ethyl adjacent to an activating group) is 1. The van der Waals surface area contributed by atoms with E-state index < -0.39 is 0 Å². The standard InChI is InChI=1S/C13H24N2O3/c1-10(2)14(3)12(16)9-15-7-5-6-11(8-15)13(17)18-4/h10-11H,5-9H2,1-4H3/t11-/m0/s1. The molecule has 1 aliphatic rings. The number of hydrogen-bond acceptors (Lipinski definition) is 4. The van der Waals surface area contributed by atoms with Gasteiger partial charge in [0, 0.05) is 19.6 Å². The topological polar surface area (TPSA) is 49.9 Å². The molecule has 0 saturated carbocycles. The summed E-state index contributed by atoms with van der Waals surface area (Å²) in [4.78, 5) is 27.2. The molecule has 104 valence electrons. The number of rotatable bonds is 4. The fourth-order valence-corrected chi connectivity index (χ4v) is 2.15. The first kappa shape index (κ1) is 15.0. The Morgan fingerprint density at radius 2 is 2.11 bits per heavy atom. The molecule has 0 aromatic carbocycles. The number of amides is 1. The van der Waals surface area contributed by atoms with Crippen LogP contribution in [0.15, 0.2) is 0 Å². The Morgan fingerprint density at radius 3 is 2.67 bits per heavy atom. The van der Waals surface area contributed by atoms with Crippen LogP contribution in [0.1, 0.15) is 26.7 Å². The average molecular weight is 256 g/mol. The second kappa shape index (κ2) is 6.73. The molecule has 1 atom stereocenters. The van der Waals surface area contributed by atoms with Crippen LogP contribution in [0.5, 0.6) is 0 Å². The third-order valence-electron chi connectivity index (χ3n) is 3.57. The van der Waals surface area contributed by atoms with Gasteiger partial charge in [-0.05, 0) is 33.2 Å². The van der Waals surface area contributed by atoms with Gasteiger partial charge in [-0.25, -0.2) is 0 Å². The average Bonchev–Trinajstić information content (AvgIpc) is 2.36. The zero-order valence-corrected chi connectivity index (χ0v) is 11.8. The Morgan fingerprint density at radius 1 is 1.44 bits per heavy atom. The molecular formula is C13H24N2O3. The number of carbonyl (C=O) groups excluding carboxylic acids is 2. The lowest BCUT2D eigenvalue weighted by molar-refractivity contribution is -0.148. The molecule has 1 saturated heterocycles. The van der Waals surface area contributed by atoms with E-state index in [2.05, 4.69) is 0 Å². The molecule has 0 spiro atoms. The van der Waals surface area contributed by atoms with Gasteiger partial charge in [-0.1, -0.05) is 0 Å². The van der Waals surface area contributed by atoms with Crippen LogP contribution in [-0.2, 0) is 14.3 Å². The van der Waals surface area contributed by atoms with Crippen molar-refractivity contribution in [1.82, 2.24) is 9.80 Å². The van der Waals surface area contributed by atoms with Crippen LogP contribution < -0.4 is 0 Å².